The first-order valence-electron chi connectivity index (χ1n) is 5.57. The normalized spacial score (nSPS) is 12.4. The Morgan fingerprint density at radius 1 is 1.33 bits per heavy atom. The lowest BCUT2D eigenvalue weighted by Crippen LogP contribution is -2.38. The third-order valence-electron chi connectivity index (χ3n) is 2.59. The predicted molar refractivity (Wildman–Crippen MR) is 64.1 cm³/mol. The van der Waals surface area contributed by atoms with Gasteiger partial charge in [-0.2, -0.15) is 13.2 Å². The number of anilines is 1. The van der Waals surface area contributed by atoms with Crippen molar-refractivity contribution in [2.24, 2.45) is 0 Å². The third kappa shape index (κ3) is 4.44. The molecular weight excluding hydrogens is 245 g/mol. The van der Waals surface area contributed by atoms with Crippen molar-refractivity contribution >= 4 is 5.69 Å². The van der Waals surface area contributed by atoms with Gasteiger partial charge in [-0.1, -0.05) is 6.07 Å². The molecule has 0 heterocycles. The number of hydrogen-bond acceptors (Lipinski definition) is 3. The number of halogens is 3. The maximum absolute atomic E-state index is 12.4. The van der Waals surface area contributed by atoms with Crippen molar-refractivity contribution in [3.8, 4) is 5.75 Å². The zero-order chi connectivity index (χ0) is 13.9. The van der Waals surface area contributed by atoms with E-state index in [2.05, 4.69) is 0 Å². The number of phenols is 1. The Morgan fingerprint density at radius 3 is 2.39 bits per heavy atom. The van der Waals surface area contributed by atoms with Crippen molar-refractivity contribution in [2.75, 3.05) is 12.3 Å². The van der Waals surface area contributed by atoms with Crippen molar-refractivity contribution in [3.63, 3.8) is 0 Å². The van der Waals surface area contributed by atoms with Crippen LogP contribution >= 0.6 is 0 Å². The molecule has 3 N–H and O–H groups in total. The van der Waals surface area contributed by atoms with Gasteiger partial charge in [0.25, 0.3) is 0 Å². The molecule has 0 unspecified atom stereocenters. The minimum atomic E-state index is -4.23. The summed E-state index contributed by atoms with van der Waals surface area (Å²) in [7, 11) is 0. The zero-order valence-corrected chi connectivity index (χ0v) is 10.3. The lowest BCUT2D eigenvalue weighted by Gasteiger charge is -2.27. The van der Waals surface area contributed by atoms with E-state index in [9.17, 15) is 18.3 Å². The number of nitrogens with two attached hydrogens (primary N) is 1. The largest absolute Gasteiger partial charge is 0.506 e. The van der Waals surface area contributed by atoms with Gasteiger partial charge in [0, 0.05) is 12.6 Å². The van der Waals surface area contributed by atoms with E-state index in [1.54, 1.807) is 19.9 Å². The summed E-state index contributed by atoms with van der Waals surface area (Å²) >= 11 is 0. The van der Waals surface area contributed by atoms with Gasteiger partial charge in [-0.25, -0.2) is 0 Å². The summed E-state index contributed by atoms with van der Waals surface area (Å²) in [6.45, 7) is 2.58. The second-order valence-electron chi connectivity index (χ2n) is 4.51. The van der Waals surface area contributed by atoms with Gasteiger partial charge in [-0.3, -0.25) is 4.90 Å². The molecule has 0 aliphatic rings. The lowest BCUT2D eigenvalue weighted by molar-refractivity contribution is -0.150. The van der Waals surface area contributed by atoms with Crippen LogP contribution in [0, 0.1) is 0 Å². The molecule has 0 bridgehead atoms. The Bertz CT molecular complexity index is 405. The highest BCUT2D eigenvalue weighted by Crippen LogP contribution is 2.24. The van der Waals surface area contributed by atoms with E-state index in [0.717, 1.165) is 0 Å². The van der Waals surface area contributed by atoms with E-state index in [4.69, 9.17) is 5.73 Å². The van der Waals surface area contributed by atoms with Crippen LogP contribution in [-0.2, 0) is 6.54 Å². The van der Waals surface area contributed by atoms with E-state index in [1.807, 2.05) is 0 Å². The number of phenolic OH excluding ortho intramolecular Hbond substituents is 1. The average molecular weight is 262 g/mol. The minimum absolute atomic E-state index is 0.0642. The summed E-state index contributed by atoms with van der Waals surface area (Å²) in [6, 6.07) is 4.21. The standard InChI is InChI=1S/C12H17F3N2O/c1-8(2)17(7-12(13,14)15)6-9-3-4-11(18)10(16)5-9/h3-5,8,18H,6-7,16H2,1-2H3. The smallest absolute Gasteiger partial charge is 0.401 e. The molecule has 1 aromatic rings. The molecule has 1 rings (SSSR count). The van der Waals surface area contributed by atoms with Crippen molar-refractivity contribution < 1.29 is 18.3 Å². The van der Waals surface area contributed by atoms with Crippen LogP contribution in [0.4, 0.5) is 18.9 Å². The first kappa shape index (κ1) is 14.6. The summed E-state index contributed by atoms with van der Waals surface area (Å²) in [5.41, 5.74) is 6.32. The average Bonchev–Trinajstić information content (AvgIpc) is 2.20. The Balaban J connectivity index is 2.80. The van der Waals surface area contributed by atoms with Crippen molar-refractivity contribution in [3.05, 3.63) is 23.8 Å². The molecular formula is C12H17F3N2O. The summed E-state index contributed by atoms with van der Waals surface area (Å²) in [4.78, 5) is 1.30. The Hall–Kier alpha value is -1.43. The molecule has 0 fully saturated rings. The monoisotopic (exact) mass is 262 g/mol. The SMILES string of the molecule is CC(C)N(Cc1ccc(O)c(N)c1)CC(F)(F)F. The fraction of sp³-hybridized carbons (Fsp3) is 0.500. The minimum Gasteiger partial charge on any atom is -0.506 e. The first-order valence-corrected chi connectivity index (χ1v) is 5.57. The van der Waals surface area contributed by atoms with E-state index in [-0.39, 0.29) is 24.0 Å². The van der Waals surface area contributed by atoms with Gasteiger partial charge in [0.05, 0.1) is 12.2 Å². The van der Waals surface area contributed by atoms with Gasteiger partial charge < -0.3 is 10.8 Å². The van der Waals surface area contributed by atoms with Gasteiger partial charge in [0.2, 0.25) is 0 Å². The van der Waals surface area contributed by atoms with Crippen LogP contribution in [0.5, 0.6) is 5.75 Å². The summed E-state index contributed by atoms with van der Waals surface area (Å²) in [6.07, 6.45) is -4.23. The van der Waals surface area contributed by atoms with Crippen molar-refractivity contribution in [1.82, 2.24) is 4.90 Å². The lowest BCUT2D eigenvalue weighted by atomic mass is 10.1. The molecule has 0 spiro atoms. The molecule has 0 radical (unpaired) electrons. The Morgan fingerprint density at radius 2 is 1.94 bits per heavy atom. The van der Waals surface area contributed by atoms with Crippen LogP contribution in [0.3, 0.4) is 0 Å². The maximum Gasteiger partial charge on any atom is 0.401 e. The highest BCUT2D eigenvalue weighted by molar-refractivity contribution is 5.53. The van der Waals surface area contributed by atoms with E-state index in [1.165, 1.54) is 17.0 Å². The molecule has 0 aliphatic heterocycles. The molecule has 3 nitrogen and oxygen atoms in total. The molecule has 18 heavy (non-hydrogen) atoms. The fourth-order valence-electron chi connectivity index (χ4n) is 1.59. The van der Waals surface area contributed by atoms with E-state index < -0.39 is 12.7 Å². The fourth-order valence-corrected chi connectivity index (χ4v) is 1.59. The number of rotatable bonds is 4. The van der Waals surface area contributed by atoms with Crippen LogP contribution in [0.2, 0.25) is 0 Å². The van der Waals surface area contributed by atoms with Crippen molar-refractivity contribution in [2.45, 2.75) is 32.6 Å². The second-order valence-corrected chi connectivity index (χ2v) is 4.51. The first-order chi connectivity index (χ1) is 8.19. The number of aromatic hydroxyl groups is 1. The number of nitrogen functional groups attached to an aromatic ring is 1. The maximum atomic E-state index is 12.4. The summed E-state index contributed by atoms with van der Waals surface area (Å²) in [5.74, 6) is -0.0642. The molecule has 0 saturated carbocycles. The molecule has 0 atom stereocenters. The topological polar surface area (TPSA) is 49.5 Å². The van der Waals surface area contributed by atoms with Gasteiger partial charge in [0.15, 0.2) is 0 Å². The van der Waals surface area contributed by atoms with Crippen LogP contribution in [0.25, 0.3) is 0 Å². The highest BCUT2D eigenvalue weighted by Gasteiger charge is 2.31. The number of nitrogens with zero attached hydrogens (tertiary/aromatic N) is 1. The third-order valence-corrected chi connectivity index (χ3v) is 2.59. The van der Waals surface area contributed by atoms with Crippen LogP contribution in [-0.4, -0.2) is 28.8 Å². The van der Waals surface area contributed by atoms with Gasteiger partial charge in [-0.15, -0.1) is 0 Å². The second kappa shape index (κ2) is 5.48. The number of hydrogen-bond donors (Lipinski definition) is 2. The van der Waals surface area contributed by atoms with Crippen LogP contribution in [0.1, 0.15) is 19.4 Å². The molecule has 0 aliphatic carbocycles. The zero-order valence-electron chi connectivity index (χ0n) is 10.3. The highest BCUT2D eigenvalue weighted by atomic mass is 19.4. The molecule has 1 aromatic carbocycles. The molecule has 6 heteroatoms. The van der Waals surface area contributed by atoms with Crippen LogP contribution in [0.15, 0.2) is 18.2 Å². The predicted octanol–water partition coefficient (Wildman–Crippen LogP) is 2.75. The summed E-state index contributed by atoms with van der Waals surface area (Å²) in [5, 5.41) is 9.25. The molecule has 0 saturated heterocycles. The Kier molecular flexibility index (Phi) is 4.45. The Labute approximate surface area is 104 Å². The van der Waals surface area contributed by atoms with E-state index >= 15 is 0 Å². The van der Waals surface area contributed by atoms with Gasteiger partial charge in [-0.05, 0) is 31.5 Å². The summed E-state index contributed by atoms with van der Waals surface area (Å²) < 4.78 is 37.2. The van der Waals surface area contributed by atoms with Crippen LogP contribution < -0.4 is 5.73 Å². The van der Waals surface area contributed by atoms with Gasteiger partial charge >= 0.3 is 6.18 Å². The molecule has 102 valence electrons. The number of alkyl halides is 3. The number of benzene rings is 1. The molecule has 0 amide bonds. The van der Waals surface area contributed by atoms with Crippen molar-refractivity contribution in [1.29, 1.82) is 0 Å². The molecule has 0 aromatic heterocycles. The van der Waals surface area contributed by atoms with E-state index in [0.29, 0.717) is 5.56 Å². The quantitative estimate of drug-likeness (QED) is 0.648. The van der Waals surface area contributed by atoms with Gasteiger partial charge in [0.1, 0.15) is 5.75 Å².